The van der Waals surface area contributed by atoms with Crippen molar-refractivity contribution in [1.29, 1.82) is 0 Å². The number of carbonyl (C=O) groups is 3. The van der Waals surface area contributed by atoms with Gasteiger partial charge in [-0.2, -0.15) is 0 Å². The Morgan fingerprint density at radius 3 is 2.42 bits per heavy atom. The summed E-state index contributed by atoms with van der Waals surface area (Å²) in [5, 5.41) is 2.79. The Kier molecular flexibility index (Phi) is 8.57. The molecule has 2 aromatic carbocycles. The number of methoxy groups -OCH3 is 3. The second-order valence-electron chi connectivity index (χ2n) is 7.86. The van der Waals surface area contributed by atoms with Crippen molar-refractivity contribution in [2.75, 3.05) is 27.9 Å². The molecule has 3 rings (SSSR count). The van der Waals surface area contributed by atoms with Crippen LogP contribution in [-0.4, -0.2) is 62.6 Å². The topological polar surface area (TPSA) is 94.2 Å². The summed E-state index contributed by atoms with van der Waals surface area (Å²) in [6, 6.07) is 14.9. The maximum Gasteiger partial charge on any atom is 0.328 e. The molecule has 1 heterocycles. The summed E-state index contributed by atoms with van der Waals surface area (Å²) in [6.07, 6.45) is 0.936. The standard InChI is InChI=1S/C25H30N2O6/c1-31-24(30)20(15-17-9-5-4-6-10-17)26-22(28)21-13-8-14-27(21)23(29)18-11-7-12-19(16-18)25(32-2)33-3/h4-7,9-12,16,20-21,25H,8,13-15H2,1-3H3,(H,26,28)/t20-,21-/m0/s1. The quantitative estimate of drug-likeness (QED) is 0.462. The average molecular weight is 455 g/mol. The zero-order valence-corrected chi connectivity index (χ0v) is 19.2. The summed E-state index contributed by atoms with van der Waals surface area (Å²) in [5.41, 5.74) is 2.05. The number of likely N-dealkylation sites (tertiary alicyclic amines) is 1. The van der Waals surface area contributed by atoms with Gasteiger partial charge in [0.1, 0.15) is 12.1 Å². The summed E-state index contributed by atoms with van der Waals surface area (Å²) in [7, 11) is 4.34. The minimum absolute atomic E-state index is 0.252. The smallest absolute Gasteiger partial charge is 0.328 e. The lowest BCUT2D eigenvalue weighted by Gasteiger charge is -2.26. The van der Waals surface area contributed by atoms with E-state index in [2.05, 4.69) is 5.32 Å². The van der Waals surface area contributed by atoms with E-state index >= 15 is 0 Å². The van der Waals surface area contributed by atoms with Gasteiger partial charge in [0, 0.05) is 38.3 Å². The molecule has 2 amide bonds. The van der Waals surface area contributed by atoms with Gasteiger partial charge in [-0.3, -0.25) is 9.59 Å². The van der Waals surface area contributed by atoms with Crippen molar-refractivity contribution in [2.24, 2.45) is 0 Å². The lowest BCUT2D eigenvalue weighted by atomic mass is 10.0. The first kappa shape index (κ1) is 24.4. The Morgan fingerprint density at radius 2 is 1.76 bits per heavy atom. The number of esters is 1. The van der Waals surface area contributed by atoms with Gasteiger partial charge in [-0.05, 0) is 30.5 Å². The Labute approximate surface area is 193 Å². The maximum atomic E-state index is 13.3. The third-order valence-electron chi connectivity index (χ3n) is 5.74. The molecule has 0 aromatic heterocycles. The summed E-state index contributed by atoms with van der Waals surface area (Å²) in [5.74, 6) is -1.14. The fourth-order valence-electron chi connectivity index (χ4n) is 4.09. The van der Waals surface area contributed by atoms with Gasteiger partial charge in [0.15, 0.2) is 6.29 Å². The van der Waals surface area contributed by atoms with E-state index in [1.54, 1.807) is 23.1 Å². The zero-order chi connectivity index (χ0) is 23.8. The van der Waals surface area contributed by atoms with Gasteiger partial charge < -0.3 is 24.4 Å². The molecule has 1 N–H and O–H groups in total. The molecule has 8 nitrogen and oxygen atoms in total. The van der Waals surface area contributed by atoms with Gasteiger partial charge in [0.25, 0.3) is 5.91 Å². The van der Waals surface area contributed by atoms with Crippen LogP contribution in [-0.2, 0) is 30.2 Å². The molecule has 8 heteroatoms. The van der Waals surface area contributed by atoms with Gasteiger partial charge in [0.2, 0.25) is 5.91 Å². The third kappa shape index (κ3) is 5.97. The molecule has 0 saturated carbocycles. The minimum Gasteiger partial charge on any atom is -0.467 e. The van der Waals surface area contributed by atoms with Gasteiger partial charge in [-0.1, -0.05) is 42.5 Å². The molecule has 2 atom stereocenters. The van der Waals surface area contributed by atoms with E-state index in [1.807, 2.05) is 36.4 Å². The van der Waals surface area contributed by atoms with Crippen molar-refractivity contribution in [3.63, 3.8) is 0 Å². The number of hydrogen-bond donors (Lipinski definition) is 1. The average Bonchev–Trinajstić information content (AvgIpc) is 3.34. The van der Waals surface area contributed by atoms with Crippen LogP contribution in [0.2, 0.25) is 0 Å². The van der Waals surface area contributed by atoms with Crippen molar-refractivity contribution >= 4 is 17.8 Å². The highest BCUT2D eigenvalue weighted by atomic mass is 16.7. The summed E-state index contributed by atoms with van der Waals surface area (Å²) >= 11 is 0. The van der Waals surface area contributed by atoms with Crippen LogP contribution >= 0.6 is 0 Å². The Bertz CT molecular complexity index is 960. The molecule has 0 unspecified atom stereocenters. The van der Waals surface area contributed by atoms with Crippen LogP contribution in [0.3, 0.4) is 0 Å². The molecule has 0 aliphatic carbocycles. The molecular formula is C25H30N2O6. The van der Waals surface area contributed by atoms with Gasteiger partial charge in [0.05, 0.1) is 7.11 Å². The first-order valence-corrected chi connectivity index (χ1v) is 10.9. The van der Waals surface area contributed by atoms with Crippen molar-refractivity contribution in [2.45, 2.75) is 37.6 Å². The lowest BCUT2D eigenvalue weighted by molar-refractivity contribution is -0.145. The minimum atomic E-state index is -0.838. The molecule has 33 heavy (non-hydrogen) atoms. The first-order chi connectivity index (χ1) is 16.0. The maximum absolute atomic E-state index is 13.3. The summed E-state index contributed by atoms with van der Waals surface area (Å²) in [4.78, 5) is 40.3. The Balaban J connectivity index is 1.74. The van der Waals surface area contributed by atoms with Gasteiger partial charge >= 0.3 is 5.97 Å². The van der Waals surface area contributed by atoms with Crippen molar-refractivity contribution in [1.82, 2.24) is 10.2 Å². The van der Waals surface area contributed by atoms with Crippen molar-refractivity contribution in [3.8, 4) is 0 Å². The predicted octanol–water partition coefficient (Wildman–Crippen LogP) is 2.48. The van der Waals surface area contributed by atoms with E-state index < -0.39 is 24.3 Å². The van der Waals surface area contributed by atoms with E-state index in [0.717, 1.165) is 5.56 Å². The van der Waals surface area contributed by atoms with Crippen LogP contribution in [0.25, 0.3) is 0 Å². The molecule has 1 aliphatic rings. The van der Waals surface area contributed by atoms with E-state index in [0.29, 0.717) is 36.9 Å². The molecular weight excluding hydrogens is 424 g/mol. The van der Waals surface area contributed by atoms with E-state index in [1.165, 1.54) is 21.3 Å². The second kappa shape index (κ2) is 11.6. The largest absolute Gasteiger partial charge is 0.467 e. The van der Waals surface area contributed by atoms with Crippen molar-refractivity contribution < 1.29 is 28.6 Å². The fourth-order valence-corrected chi connectivity index (χ4v) is 4.09. The molecule has 0 radical (unpaired) electrons. The van der Waals surface area contributed by atoms with Crippen LogP contribution in [0.1, 0.15) is 40.6 Å². The Hall–Kier alpha value is -3.23. The van der Waals surface area contributed by atoms with Crippen LogP contribution in [0.15, 0.2) is 54.6 Å². The normalized spacial score (nSPS) is 16.5. The SMILES string of the molecule is COC(=O)[C@H](Cc1ccccc1)NC(=O)[C@@H]1CCCN1C(=O)c1cccc(C(OC)OC)c1. The molecule has 176 valence electrons. The number of nitrogens with zero attached hydrogens (tertiary/aromatic N) is 1. The van der Waals surface area contributed by atoms with Crippen LogP contribution in [0.5, 0.6) is 0 Å². The van der Waals surface area contributed by atoms with E-state index in [4.69, 9.17) is 14.2 Å². The zero-order valence-electron chi connectivity index (χ0n) is 19.2. The molecule has 1 aliphatic heterocycles. The number of hydrogen-bond acceptors (Lipinski definition) is 6. The predicted molar refractivity (Wildman–Crippen MR) is 121 cm³/mol. The number of ether oxygens (including phenoxy) is 3. The number of amides is 2. The number of benzene rings is 2. The first-order valence-electron chi connectivity index (χ1n) is 10.9. The number of nitrogens with one attached hydrogen (secondary N) is 1. The van der Waals surface area contributed by atoms with Crippen LogP contribution < -0.4 is 5.32 Å². The molecule has 2 aromatic rings. The van der Waals surface area contributed by atoms with Gasteiger partial charge in [-0.25, -0.2) is 4.79 Å². The monoisotopic (exact) mass is 454 g/mol. The summed E-state index contributed by atoms with van der Waals surface area (Å²) in [6.45, 7) is 0.459. The Morgan fingerprint density at radius 1 is 1.03 bits per heavy atom. The number of carbonyl (C=O) groups excluding carboxylic acids is 3. The molecule has 1 fully saturated rings. The van der Waals surface area contributed by atoms with E-state index in [9.17, 15) is 14.4 Å². The third-order valence-corrected chi connectivity index (χ3v) is 5.74. The second-order valence-corrected chi connectivity index (χ2v) is 7.86. The summed E-state index contributed by atoms with van der Waals surface area (Å²) < 4.78 is 15.4. The van der Waals surface area contributed by atoms with Crippen molar-refractivity contribution in [3.05, 3.63) is 71.3 Å². The lowest BCUT2D eigenvalue weighted by Crippen LogP contribution is -2.51. The number of rotatable bonds is 9. The fraction of sp³-hybridized carbons (Fsp3) is 0.400. The molecule has 0 bridgehead atoms. The van der Waals surface area contributed by atoms with Gasteiger partial charge in [-0.15, -0.1) is 0 Å². The van der Waals surface area contributed by atoms with Crippen LogP contribution in [0, 0.1) is 0 Å². The highest BCUT2D eigenvalue weighted by Crippen LogP contribution is 2.23. The van der Waals surface area contributed by atoms with E-state index in [-0.39, 0.29) is 11.8 Å². The molecule has 1 saturated heterocycles. The highest BCUT2D eigenvalue weighted by Gasteiger charge is 2.36. The van der Waals surface area contributed by atoms with Crippen LogP contribution in [0.4, 0.5) is 0 Å². The highest BCUT2D eigenvalue weighted by molar-refractivity contribution is 5.98. The molecule has 0 spiro atoms.